The van der Waals surface area contributed by atoms with Crippen LogP contribution in [0.25, 0.3) is 0 Å². The Kier molecular flexibility index (Phi) is 7.33. The van der Waals surface area contributed by atoms with Crippen molar-refractivity contribution in [2.75, 3.05) is 26.8 Å². The lowest BCUT2D eigenvalue weighted by Crippen LogP contribution is -2.43. The molecule has 5 nitrogen and oxygen atoms in total. The van der Waals surface area contributed by atoms with Crippen molar-refractivity contribution < 1.29 is 4.74 Å². The second-order valence-corrected chi connectivity index (χ2v) is 3.15. The average Bonchev–Trinajstić information content (AvgIpc) is 2.10. The van der Waals surface area contributed by atoms with Crippen LogP contribution in [0.4, 0.5) is 0 Å². The van der Waals surface area contributed by atoms with Crippen LogP contribution in [0.2, 0.25) is 0 Å². The second kappa shape index (κ2) is 7.82. The molecule has 0 aromatic rings. The molecule has 5 heteroatoms. The number of hydrazine groups is 1. The molecule has 0 aliphatic rings. The topological polar surface area (TPSA) is 71.7 Å². The van der Waals surface area contributed by atoms with Crippen molar-refractivity contribution >= 4 is 5.96 Å². The van der Waals surface area contributed by atoms with Crippen molar-refractivity contribution in [3.05, 3.63) is 0 Å². The Balaban J connectivity index is 3.67. The van der Waals surface area contributed by atoms with Gasteiger partial charge >= 0.3 is 0 Å². The molecule has 4 N–H and O–H groups in total. The Bertz CT molecular complexity index is 147. The van der Waals surface area contributed by atoms with Crippen LogP contribution in [-0.2, 0) is 4.74 Å². The number of nitrogens with two attached hydrogens (primary N) is 1. The van der Waals surface area contributed by atoms with Gasteiger partial charge in [-0.25, -0.2) is 5.84 Å². The predicted molar refractivity (Wildman–Crippen MR) is 54.3 cm³/mol. The van der Waals surface area contributed by atoms with Gasteiger partial charge in [-0.2, -0.15) is 0 Å². The molecule has 0 bridgehead atoms. The smallest absolute Gasteiger partial charge is 0.205 e. The number of hydrogen-bond donors (Lipinski definition) is 3. The van der Waals surface area contributed by atoms with Crippen molar-refractivity contribution in [1.29, 1.82) is 0 Å². The molecule has 78 valence electrons. The first kappa shape index (κ1) is 12.2. The summed E-state index contributed by atoms with van der Waals surface area (Å²) in [5, 5.41) is 3.01. The first-order chi connectivity index (χ1) is 6.20. The number of methoxy groups -OCH3 is 1. The van der Waals surface area contributed by atoms with E-state index in [1.165, 1.54) is 0 Å². The van der Waals surface area contributed by atoms with Gasteiger partial charge in [0.25, 0.3) is 0 Å². The van der Waals surface area contributed by atoms with E-state index in [1.807, 2.05) is 0 Å². The number of guanidine groups is 1. The van der Waals surface area contributed by atoms with Crippen LogP contribution in [0, 0.1) is 5.92 Å². The third kappa shape index (κ3) is 7.55. The molecule has 0 aromatic heterocycles. The van der Waals surface area contributed by atoms with Gasteiger partial charge < -0.3 is 10.1 Å². The lowest BCUT2D eigenvalue weighted by atomic mass is 10.2. The minimum absolute atomic E-state index is 0.535. The molecule has 0 aromatic carbocycles. The molecule has 0 unspecified atom stereocenters. The van der Waals surface area contributed by atoms with Gasteiger partial charge in [-0.05, 0) is 5.92 Å². The van der Waals surface area contributed by atoms with Crippen LogP contribution in [0.5, 0.6) is 0 Å². The molecular weight excluding hydrogens is 168 g/mol. The van der Waals surface area contributed by atoms with Gasteiger partial charge in [0, 0.05) is 20.2 Å². The van der Waals surface area contributed by atoms with E-state index in [1.54, 1.807) is 7.11 Å². The van der Waals surface area contributed by atoms with Gasteiger partial charge in [0.1, 0.15) is 0 Å². The van der Waals surface area contributed by atoms with Crippen molar-refractivity contribution in [1.82, 2.24) is 10.7 Å². The maximum Gasteiger partial charge on any atom is 0.205 e. The minimum atomic E-state index is 0.535. The summed E-state index contributed by atoms with van der Waals surface area (Å²) in [6.07, 6.45) is 0. The normalized spacial score (nSPS) is 11.9. The fourth-order valence-corrected chi connectivity index (χ4v) is 0.698. The van der Waals surface area contributed by atoms with E-state index in [-0.39, 0.29) is 0 Å². The highest BCUT2D eigenvalue weighted by molar-refractivity contribution is 5.79. The van der Waals surface area contributed by atoms with Crippen LogP contribution >= 0.6 is 0 Å². The molecule has 0 aliphatic heterocycles. The highest BCUT2D eigenvalue weighted by Crippen LogP contribution is 1.90. The number of hydrogen-bond acceptors (Lipinski definition) is 3. The molecule has 0 rings (SSSR count). The predicted octanol–water partition coefficient (Wildman–Crippen LogP) is -0.302. The zero-order valence-electron chi connectivity index (χ0n) is 8.63. The SMILES string of the molecule is COCCNC(=NCC(C)C)NN. The van der Waals surface area contributed by atoms with Gasteiger partial charge in [0.15, 0.2) is 0 Å². The van der Waals surface area contributed by atoms with Gasteiger partial charge in [-0.15, -0.1) is 0 Å². The Morgan fingerprint density at radius 1 is 1.54 bits per heavy atom. The van der Waals surface area contributed by atoms with E-state index in [0.717, 1.165) is 6.54 Å². The monoisotopic (exact) mass is 188 g/mol. The number of aliphatic imine (C=N–C) groups is 1. The Labute approximate surface area is 79.7 Å². The van der Waals surface area contributed by atoms with Crippen molar-refractivity contribution in [2.24, 2.45) is 16.8 Å². The fourth-order valence-electron chi connectivity index (χ4n) is 0.698. The zero-order valence-corrected chi connectivity index (χ0v) is 8.63. The standard InChI is InChI=1S/C8H20N4O/c1-7(2)6-11-8(12-9)10-4-5-13-3/h7H,4-6,9H2,1-3H3,(H2,10,11,12). The number of nitrogens with one attached hydrogen (secondary N) is 2. The quantitative estimate of drug-likeness (QED) is 0.182. The lowest BCUT2D eigenvalue weighted by molar-refractivity contribution is 0.203. The van der Waals surface area contributed by atoms with Crippen molar-refractivity contribution in [2.45, 2.75) is 13.8 Å². The summed E-state index contributed by atoms with van der Waals surface area (Å²) < 4.78 is 4.88. The molecule has 0 aliphatic carbocycles. The maximum atomic E-state index is 5.26. The largest absolute Gasteiger partial charge is 0.383 e. The maximum absolute atomic E-state index is 5.26. The molecular formula is C8H20N4O. The highest BCUT2D eigenvalue weighted by atomic mass is 16.5. The summed E-state index contributed by atoms with van der Waals surface area (Å²) in [6.45, 7) is 6.32. The summed E-state index contributed by atoms with van der Waals surface area (Å²) in [7, 11) is 1.66. The Hall–Kier alpha value is -0.810. The number of rotatable bonds is 5. The first-order valence-corrected chi connectivity index (χ1v) is 4.44. The molecule has 0 saturated carbocycles. The summed E-state index contributed by atoms with van der Waals surface area (Å²) in [5.41, 5.74) is 2.50. The van der Waals surface area contributed by atoms with E-state index in [0.29, 0.717) is 25.0 Å². The second-order valence-electron chi connectivity index (χ2n) is 3.15. The van der Waals surface area contributed by atoms with Gasteiger partial charge in [0.2, 0.25) is 5.96 Å². The van der Waals surface area contributed by atoms with Crippen LogP contribution < -0.4 is 16.6 Å². The van der Waals surface area contributed by atoms with E-state index >= 15 is 0 Å². The van der Waals surface area contributed by atoms with Crippen molar-refractivity contribution in [3.8, 4) is 0 Å². The minimum Gasteiger partial charge on any atom is -0.383 e. The summed E-state index contributed by atoms with van der Waals surface area (Å²) in [4.78, 5) is 4.23. The summed E-state index contributed by atoms with van der Waals surface area (Å²) >= 11 is 0. The van der Waals surface area contributed by atoms with Crippen LogP contribution in [0.3, 0.4) is 0 Å². The van der Waals surface area contributed by atoms with Crippen LogP contribution in [0.1, 0.15) is 13.8 Å². The molecule has 0 radical (unpaired) electrons. The molecule has 0 heterocycles. The van der Waals surface area contributed by atoms with Crippen LogP contribution in [0.15, 0.2) is 4.99 Å². The lowest BCUT2D eigenvalue weighted by Gasteiger charge is -2.09. The molecule has 0 spiro atoms. The first-order valence-electron chi connectivity index (χ1n) is 4.44. The molecule has 0 amide bonds. The Morgan fingerprint density at radius 3 is 2.69 bits per heavy atom. The fraction of sp³-hybridized carbons (Fsp3) is 0.875. The van der Waals surface area contributed by atoms with Gasteiger partial charge in [0.05, 0.1) is 6.61 Å². The molecule has 0 fully saturated rings. The van der Waals surface area contributed by atoms with E-state index in [9.17, 15) is 0 Å². The number of nitrogens with zero attached hydrogens (tertiary/aromatic N) is 1. The summed E-state index contributed by atoms with van der Waals surface area (Å²) in [6, 6.07) is 0. The average molecular weight is 188 g/mol. The molecule has 0 saturated heterocycles. The zero-order chi connectivity index (χ0) is 10.1. The van der Waals surface area contributed by atoms with Gasteiger partial charge in [-0.3, -0.25) is 10.4 Å². The highest BCUT2D eigenvalue weighted by Gasteiger charge is 1.95. The third-order valence-electron chi connectivity index (χ3n) is 1.35. The van der Waals surface area contributed by atoms with E-state index in [2.05, 4.69) is 29.6 Å². The number of ether oxygens (including phenoxy) is 1. The van der Waals surface area contributed by atoms with Crippen LogP contribution in [-0.4, -0.2) is 32.8 Å². The van der Waals surface area contributed by atoms with Gasteiger partial charge in [-0.1, -0.05) is 13.8 Å². The van der Waals surface area contributed by atoms with E-state index in [4.69, 9.17) is 10.6 Å². The molecule has 13 heavy (non-hydrogen) atoms. The van der Waals surface area contributed by atoms with E-state index < -0.39 is 0 Å². The van der Waals surface area contributed by atoms with Crippen molar-refractivity contribution in [3.63, 3.8) is 0 Å². The Morgan fingerprint density at radius 2 is 2.23 bits per heavy atom. The third-order valence-corrected chi connectivity index (χ3v) is 1.35. The summed E-state index contributed by atoms with van der Waals surface area (Å²) in [5.74, 6) is 6.41. The molecule has 0 atom stereocenters.